The van der Waals surface area contributed by atoms with Gasteiger partial charge in [-0.05, 0) is 52.4 Å². The van der Waals surface area contributed by atoms with Gasteiger partial charge in [0.2, 0.25) is 5.91 Å². The Kier molecular flexibility index (Phi) is 5.05. The largest absolute Gasteiger partial charge is 0.351 e. The number of benzene rings is 1. The number of hydrogen-bond acceptors (Lipinski definition) is 5. The highest BCUT2D eigenvalue weighted by Gasteiger charge is 2.27. The second kappa shape index (κ2) is 7.43. The third-order valence-electron chi connectivity index (χ3n) is 4.46. The predicted octanol–water partition coefficient (Wildman–Crippen LogP) is 4.65. The molecule has 130 valence electrons. The van der Waals surface area contributed by atoms with Crippen molar-refractivity contribution in [2.24, 2.45) is 5.92 Å². The first kappa shape index (κ1) is 17.0. The van der Waals surface area contributed by atoms with Gasteiger partial charge < -0.3 is 10.2 Å². The van der Waals surface area contributed by atoms with E-state index in [2.05, 4.69) is 32.2 Å². The number of amides is 1. The maximum atomic E-state index is 12.6. The molecule has 1 amide bonds. The van der Waals surface area contributed by atoms with Crippen LogP contribution < -0.4 is 10.2 Å². The SMILES string of the molecule is O=C(NCc1sccc1Br)[C@@H]1CCCN(c2nc3ccccc3s2)C1. The number of thiophene rings is 1. The fraction of sp³-hybridized carbons (Fsp3) is 0.333. The van der Waals surface area contributed by atoms with Gasteiger partial charge in [0.15, 0.2) is 5.13 Å². The van der Waals surface area contributed by atoms with E-state index < -0.39 is 0 Å². The van der Waals surface area contributed by atoms with Gasteiger partial charge in [-0.15, -0.1) is 11.3 Å². The highest BCUT2D eigenvalue weighted by atomic mass is 79.9. The number of thiazole rings is 1. The van der Waals surface area contributed by atoms with Gasteiger partial charge in [0.05, 0.1) is 22.7 Å². The average Bonchev–Trinajstić information content (AvgIpc) is 3.25. The van der Waals surface area contributed by atoms with E-state index in [0.717, 1.165) is 45.9 Å². The number of nitrogens with zero attached hydrogens (tertiary/aromatic N) is 2. The Hall–Kier alpha value is -1.44. The van der Waals surface area contributed by atoms with Gasteiger partial charge in [0.25, 0.3) is 0 Å². The van der Waals surface area contributed by atoms with Crippen LogP contribution in [0.5, 0.6) is 0 Å². The van der Waals surface area contributed by atoms with Crippen LogP contribution in [-0.2, 0) is 11.3 Å². The van der Waals surface area contributed by atoms with Crippen LogP contribution >= 0.6 is 38.6 Å². The second-order valence-electron chi connectivity index (χ2n) is 6.16. The summed E-state index contributed by atoms with van der Waals surface area (Å²) >= 11 is 6.88. The lowest BCUT2D eigenvalue weighted by atomic mass is 9.97. The van der Waals surface area contributed by atoms with Crippen molar-refractivity contribution in [3.05, 3.63) is 45.1 Å². The summed E-state index contributed by atoms with van der Waals surface area (Å²) in [6.45, 7) is 2.31. The quantitative estimate of drug-likeness (QED) is 0.648. The summed E-state index contributed by atoms with van der Waals surface area (Å²) < 4.78 is 2.27. The van der Waals surface area contributed by atoms with Crippen molar-refractivity contribution < 1.29 is 4.79 Å². The number of rotatable bonds is 4. The van der Waals surface area contributed by atoms with E-state index in [1.54, 1.807) is 22.7 Å². The molecule has 1 saturated heterocycles. The number of carbonyl (C=O) groups excluding carboxylic acids is 1. The number of nitrogens with one attached hydrogen (secondary N) is 1. The number of carbonyl (C=O) groups is 1. The number of hydrogen-bond donors (Lipinski definition) is 1. The Morgan fingerprint density at radius 2 is 2.24 bits per heavy atom. The molecule has 25 heavy (non-hydrogen) atoms. The highest BCUT2D eigenvalue weighted by molar-refractivity contribution is 9.10. The first-order chi connectivity index (χ1) is 12.2. The zero-order valence-electron chi connectivity index (χ0n) is 13.6. The van der Waals surface area contributed by atoms with Crippen LogP contribution in [0.2, 0.25) is 0 Å². The Morgan fingerprint density at radius 1 is 1.36 bits per heavy atom. The summed E-state index contributed by atoms with van der Waals surface area (Å²) in [5.74, 6) is 0.172. The molecule has 1 aliphatic heterocycles. The first-order valence-corrected chi connectivity index (χ1v) is 10.8. The molecule has 3 aromatic rings. The molecule has 1 aromatic carbocycles. The van der Waals surface area contributed by atoms with Gasteiger partial charge in [0, 0.05) is 22.4 Å². The van der Waals surface area contributed by atoms with E-state index in [1.165, 1.54) is 4.70 Å². The van der Waals surface area contributed by atoms with E-state index in [1.807, 2.05) is 29.6 Å². The summed E-state index contributed by atoms with van der Waals surface area (Å²) in [6, 6.07) is 10.2. The molecule has 0 radical (unpaired) electrons. The Balaban J connectivity index is 1.41. The molecular weight excluding hydrogens is 418 g/mol. The van der Waals surface area contributed by atoms with Gasteiger partial charge in [0.1, 0.15) is 0 Å². The van der Waals surface area contributed by atoms with Crippen molar-refractivity contribution >= 4 is 59.9 Å². The van der Waals surface area contributed by atoms with Crippen LogP contribution in [0.1, 0.15) is 17.7 Å². The molecule has 1 aliphatic rings. The average molecular weight is 436 g/mol. The highest BCUT2D eigenvalue weighted by Crippen LogP contribution is 2.31. The smallest absolute Gasteiger partial charge is 0.225 e. The molecular formula is C18H18BrN3OS2. The van der Waals surface area contributed by atoms with Crippen LogP contribution in [0, 0.1) is 5.92 Å². The lowest BCUT2D eigenvalue weighted by Gasteiger charge is -2.31. The molecule has 0 unspecified atom stereocenters. The number of halogens is 1. The van der Waals surface area contributed by atoms with Crippen molar-refractivity contribution in [1.29, 1.82) is 0 Å². The van der Waals surface area contributed by atoms with Gasteiger partial charge >= 0.3 is 0 Å². The minimum Gasteiger partial charge on any atom is -0.351 e. The third kappa shape index (κ3) is 3.73. The van der Waals surface area contributed by atoms with Crippen LogP contribution in [0.4, 0.5) is 5.13 Å². The fourth-order valence-electron chi connectivity index (χ4n) is 3.12. The Bertz CT molecular complexity index is 858. The van der Waals surface area contributed by atoms with Crippen molar-refractivity contribution in [3.63, 3.8) is 0 Å². The van der Waals surface area contributed by atoms with Crippen LogP contribution in [0.3, 0.4) is 0 Å². The molecule has 0 bridgehead atoms. The van der Waals surface area contributed by atoms with Crippen molar-refractivity contribution in [1.82, 2.24) is 10.3 Å². The standard InChI is InChI=1S/C18H18BrN3OS2/c19-13-7-9-24-16(13)10-20-17(23)12-4-3-8-22(11-12)18-21-14-5-1-2-6-15(14)25-18/h1-2,5-7,9,12H,3-4,8,10-11H2,(H,20,23)/t12-/m1/s1. The molecule has 4 rings (SSSR count). The normalized spacial score (nSPS) is 17.8. The summed E-state index contributed by atoms with van der Waals surface area (Å²) in [5.41, 5.74) is 1.04. The van der Waals surface area contributed by atoms with Gasteiger partial charge in [-0.2, -0.15) is 0 Å². The number of para-hydroxylation sites is 1. The van der Waals surface area contributed by atoms with Crippen molar-refractivity contribution in [2.75, 3.05) is 18.0 Å². The molecule has 1 N–H and O–H groups in total. The molecule has 2 aromatic heterocycles. The summed E-state index contributed by atoms with van der Waals surface area (Å²) in [5, 5.41) is 6.15. The zero-order valence-corrected chi connectivity index (χ0v) is 16.8. The number of piperidine rings is 1. The molecule has 0 spiro atoms. The minimum absolute atomic E-state index is 0.0273. The molecule has 0 aliphatic carbocycles. The van der Waals surface area contributed by atoms with Crippen LogP contribution in [0.25, 0.3) is 10.2 Å². The van der Waals surface area contributed by atoms with Gasteiger partial charge in [-0.3, -0.25) is 4.79 Å². The van der Waals surface area contributed by atoms with E-state index >= 15 is 0 Å². The van der Waals surface area contributed by atoms with Crippen LogP contribution in [0.15, 0.2) is 40.2 Å². The molecule has 0 saturated carbocycles. The van der Waals surface area contributed by atoms with Gasteiger partial charge in [-0.1, -0.05) is 23.5 Å². The monoisotopic (exact) mass is 435 g/mol. The predicted molar refractivity (Wildman–Crippen MR) is 108 cm³/mol. The number of fused-ring (bicyclic) bond motifs is 1. The Morgan fingerprint density at radius 3 is 3.04 bits per heavy atom. The molecule has 7 heteroatoms. The summed E-state index contributed by atoms with van der Waals surface area (Å²) in [4.78, 5) is 20.7. The van der Waals surface area contributed by atoms with E-state index in [9.17, 15) is 4.79 Å². The molecule has 1 atom stereocenters. The topological polar surface area (TPSA) is 45.2 Å². The molecule has 4 nitrogen and oxygen atoms in total. The number of anilines is 1. The lowest BCUT2D eigenvalue weighted by Crippen LogP contribution is -2.42. The molecule has 3 heterocycles. The number of aromatic nitrogens is 1. The van der Waals surface area contributed by atoms with Crippen LogP contribution in [-0.4, -0.2) is 24.0 Å². The summed E-state index contributed by atoms with van der Waals surface area (Å²) in [6.07, 6.45) is 1.97. The third-order valence-corrected chi connectivity index (χ3v) is 7.48. The second-order valence-corrected chi connectivity index (χ2v) is 9.02. The van der Waals surface area contributed by atoms with Crippen molar-refractivity contribution in [3.8, 4) is 0 Å². The Labute approximate surface area is 163 Å². The molecule has 1 fully saturated rings. The maximum Gasteiger partial charge on any atom is 0.225 e. The van der Waals surface area contributed by atoms with E-state index in [4.69, 9.17) is 4.98 Å². The van der Waals surface area contributed by atoms with E-state index in [0.29, 0.717) is 6.54 Å². The maximum absolute atomic E-state index is 12.6. The first-order valence-electron chi connectivity index (χ1n) is 8.31. The zero-order chi connectivity index (χ0) is 17.2. The summed E-state index contributed by atoms with van der Waals surface area (Å²) in [7, 11) is 0. The lowest BCUT2D eigenvalue weighted by molar-refractivity contribution is -0.125. The van der Waals surface area contributed by atoms with Gasteiger partial charge in [-0.25, -0.2) is 4.98 Å². The van der Waals surface area contributed by atoms with E-state index in [-0.39, 0.29) is 11.8 Å². The minimum atomic E-state index is 0.0273. The van der Waals surface area contributed by atoms with Crippen molar-refractivity contribution in [2.45, 2.75) is 19.4 Å². The fourth-order valence-corrected chi connectivity index (χ4v) is 5.56.